The molecule has 4 rings (SSSR count). The molecule has 1 aliphatic heterocycles. The number of nitrogens with one attached hydrogen (secondary N) is 1. The zero-order chi connectivity index (χ0) is 16.4. The van der Waals surface area contributed by atoms with Gasteiger partial charge in [0, 0.05) is 23.4 Å². The second-order valence-electron chi connectivity index (χ2n) is 6.38. The van der Waals surface area contributed by atoms with Gasteiger partial charge in [-0.1, -0.05) is 24.1 Å². The fourth-order valence-corrected chi connectivity index (χ4v) is 3.30. The lowest BCUT2D eigenvalue weighted by molar-refractivity contribution is 0.128. The van der Waals surface area contributed by atoms with Crippen molar-refractivity contribution in [1.82, 2.24) is 25.3 Å². The Labute approximate surface area is 140 Å². The monoisotopic (exact) mass is 323 g/mol. The highest BCUT2D eigenvalue weighted by Gasteiger charge is 2.26. The van der Waals surface area contributed by atoms with Crippen LogP contribution in [0.3, 0.4) is 0 Å². The molecule has 0 spiro atoms. The first-order chi connectivity index (χ1) is 11.8. The van der Waals surface area contributed by atoms with Crippen molar-refractivity contribution in [3.8, 4) is 11.5 Å². The normalized spacial score (nSPS) is 18.8. The highest BCUT2D eigenvalue weighted by Crippen LogP contribution is 2.31. The molecule has 1 unspecified atom stereocenters. The summed E-state index contributed by atoms with van der Waals surface area (Å²) in [5.41, 5.74) is 3.41. The summed E-state index contributed by atoms with van der Waals surface area (Å²) >= 11 is 0. The van der Waals surface area contributed by atoms with Gasteiger partial charge in [-0.25, -0.2) is 0 Å². The topological polar surface area (TPSA) is 70.8 Å². The van der Waals surface area contributed by atoms with E-state index in [0.29, 0.717) is 24.4 Å². The second kappa shape index (κ2) is 6.57. The zero-order valence-electron chi connectivity index (χ0n) is 13.8. The summed E-state index contributed by atoms with van der Waals surface area (Å²) in [6, 6.07) is 8.51. The van der Waals surface area contributed by atoms with E-state index in [4.69, 9.17) is 4.42 Å². The highest BCUT2D eigenvalue weighted by atomic mass is 16.4. The summed E-state index contributed by atoms with van der Waals surface area (Å²) in [5, 5.41) is 15.5. The standard InChI is InChI=1S/C18H21N5O/c1-13-5-7-14(8-6-13)18-22-21-17(24-18)12-23-9-3-2-4-16(23)15-10-19-20-11-15/h5-8,10-11,16H,2-4,9,12H2,1H3,(H,19,20). The quantitative estimate of drug-likeness (QED) is 0.796. The third-order valence-corrected chi connectivity index (χ3v) is 4.62. The average molecular weight is 323 g/mol. The maximum absolute atomic E-state index is 5.89. The molecule has 2 aromatic heterocycles. The van der Waals surface area contributed by atoms with Gasteiger partial charge < -0.3 is 4.42 Å². The molecule has 3 aromatic rings. The Bertz CT molecular complexity index is 778. The van der Waals surface area contributed by atoms with E-state index in [1.54, 1.807) is 0 Å². The molecular weight excluding hydrogens is 302 g/mol. The molecule has 0 saturated carbocycles. The molecule has 6 heteroatoms. The molecule has 1 atom stereocenters. The molecule has 1 aliphatic rings. The lowest BCUT2D eigenvalue weighted by atomic mass is 9.97. The Balaban J connectivity index is 1.51. The number of rotatable bonds is 4. The van der Waals surface area contributed by atoms with Gasteiger partial charge in [0.1, 0.15) is 0 Å². The van der Waals surface area contributed by atoms with Gasteiger partial charge in [0.25, 0.3) is 0 Å². The minimum absolute atomic E-state index is 0.368. The fraction of sp³-hybridized carbons (Fsp3) is 0.389. The van der Waals surface area contributed by atoms with Gasteiger partial charge in [-0.3, -0.25) is 10.00 Å². The van der Waals surface area contributed by atoms with Crippen molar-refractivity contribution in [1.29, 1.82) is 0 Å². The number of aromatic amines is 1. The number of likely N-dealkylation sites (tertiary alicyclic amines) is 1. The van der Waals surface area contributed by atoms with Crippen LogP contribution >= 0.6 is 0 Å². The van der Waals surface area contributed by atoms with E-state index in [1.165, 1.54) is 24.0 Å². The molecule has 0 bridgehead atoms. The third-order valence-electron chi connectivity index (χ3n) is 4.62. The number of piperidine rings is 1. The van der Waals surface area contributed by atoms with Gasteiger partial charge in [-0.15, -0.1) is 10.2 Å². The van der Waals surface area contributed by atoms with Gasteiger partial charge in [-0.05, 0) is 38.4 Å². The van der Waals surface area contributed by atoms with Gasteiger partial charge in [0.05, 0.1) is 12.7 Å². The van der Waals surface area contributed by atoms with Crippen molar-refractivity contribution in [2.45, 2.75) is 38.8 Å². The van der Waals surface area contributed by atoms with E-state index in [9.17, 15) is 0 Å². The molecule has 124 valence electrons. The Morgan fingerprint density at radius 1 is 1.21 bits per heavy atom. The van der Waals surface area contributed by atoms with Gasteiger partial charge in [0.15, 0.2) is 0 Å². The summed E-state index contributed by atoms with van der Waals surface area (Å²) in [5.74, 6) is 1.25. The summed E-state index contributed by atoms with van der Waals surface area (Å²) in [6.45, 7) is 3.78. The van der Waals surface area contributed by atoms with E-state index in [2.05, 4.69) is 44.4 Å². The number of H-pyrrole nitrogens is 1. The van der Waals surface area contributed by atoms with E-state index in [-0.39, 0.29) is 0 Å². The van der Waals surface area contributed by atoms with E-state index in [1.807, 2.05) is 24.5 Å². The number of aryl methyl sites for hydroxylation is 1. The minimum atomic E-state index is 0.368. The Kier molecular flexibility index (Phi) is 4.13. The third kappa shape index (κ3) is 3.10. The van der Waals surface area contributed by atoms with Crippen molar-refractivity contribution in [2.75, 3.05) is 6.54 Å². The van der Waals surface area contributed by atoms with E-state index < -0.39 is 0 Å². The van der Waals surface area contributed by atoms with E-state index >= 15 is 0 Å². The maximum atomic E-state index is 5.89. The van der Waals surface area contributed by atoms with Crippen LogP contribution in [0.5, 0.6) is 0 Å². The van der Waals surface area contributed by atoms with Gasteiger partial charge in [0.2, 0.25) is 11.8 Å². The number of benzene rings is 1. The Morgan fingerprint density at radius 2 is 2.08 bits per heavy atom. The zero-order valence-corrected chi connectivity index (χ0v) is 13.8. The summed E-state index contributed by atoms with van der Waals surface area (Å²) in [4.78, 5) is 2.40. The summed E-state index contributed by atoms with van der Waals surface area (Å²) in [6.07, 6.45) is 7.47. The molecule has 1 saturated heterocycles. The highest BCUT2D eigenvalue weighted by molar-refractivity contribution is 5.52. The van der Waals surface area contributed by atoms with Crippen molar-refractivity contribution in [2.24, 2.45) is 0 Å². The predicted molar refractivity (Wildman–Crippen MR) is 90.1 cm³/mol. The van der Waals surface area contributed by atoms with Gasteiger partial charge in [-0.2, -0.15) is 5.10 Å². The van der Waals surface area contributed by atoms with Crippen LogP contribution in [0, 0.1) is 6.92 Å². The summed E-state index contributed by atoms with van der Waals surface area (Å²) in [7, 11) is 0. The van der Waals surface area contributed by atoms with Crippen molar-refractivity contribution < 1.29 is 4.42 Å². The first kappa shape index (κ1) is 15.1. The van der Waals surface area contributed by atoms with E-state index in [0.717, 1.165) is 18.5 Å². The molecule has 24 heavy (non-hydrogen) atoms. The van der Waals surface area contributed by atoms with Crippen LogP contribution in [-0.2, 0) is 6.54 Å². The molecule has 6 nitrogen and oxygen atoms in total. The molecule has 1 N–H and O–H groups in total. The lowest BCUT2D eigenvalue weighted by Gasteiger charge is -2.34. The van der Waals surface area contributed by atoms with Crippen LogP contribution in [0.1, 0.15) is 42.3 Å². The first-order valence-corrected chi connectivity index (χ1v) is 8.42. The number of nitrogens with zero attached hydrogens (tertiary/aromatic N) is 4. The lowest BCUT2D eigenvalue weighted by Crippen LogP contribution is -2.32. The Hall–Kier alpha value is -2.47. The van der Waals surface area contributed by atoms with Crippen molar-refractivity contribution in [3.63, 3.8) is 0 Å². The fourth-order valence-electron chi connectivity index (χ4n) is 3.30. The molecule has 0 radical (unpaired) electrons. The van der Waals surface area contributed by atoms with Crippen LogP contribution in [0.4, 0.5) is 0 Å². The first-order valence-electron chi connectivity index (χ1n) is 8.42. The van der Waals surface area contributed by atoms with Crippen LogP contribution < -0.4 is 0 Å². The van der Waals surface area contributed by atoms with Crippen LogP contribution in [0.15, 0.2) is 41.1 Å². The SMILES string of the molecule is Cc1ccc(-c2nnc(CN3CCCCC3c3cn[nH]c3)o2)cc1. The minimum Gasteiger partial charge on any atom is -0.419 e. The molecule has 0 amide bonds. The average Bonchev–Trinajstić information content (AvgIpc) is 3.28. The van der Waals surface area contributed by atoms with Crippen molar-refractivity contribution >= 4 is 0 Å². The number of hydrogen-bond donors (Lipinski definition) is 1. The van der Waals surface area contributed by atoms with Crippen LogP contribution in [-0.4, -0.2) is 31.8 Å². The van der Waals surface area contributed by atoms with Crippen molar-refractivity contribution in [3.05, 3.63) is 53.7 Å². The second-order valence-corrected chi connectivity index (χ2v) is 6.38. The predicted octanol–water partition coefficient (Wildman–Crippen LogP) is 3.50. The maximum Gasteiger partial charge on any atom is 0.247 e. The molecular formula is C18H21N5O. The van der Waals surface area contributed by atoms with Crippen LogP contribution in [0.2, 0.25) is 0 Å². The molecule has 0 aliphatic carbocycles. The Morgan fingerprint density at radius 3 is 2.88 bits per heavy atom. The summed E-state index contributed by atoms with van der Waals surface area (Å²) < 4.78 is 5.89. The largest absolute Gasteiger partial charge is 0.419 e. The number of aromatic nitrogens is 4. The molecule has 1 aromatic carbocycles. The van der Waals surface area contributed by atoms with Crippen LogP contribution in [0.25, 0.3) is 11.5 Å². The van der Waals surface area contributed by atoms with Gasteiger partial charge >= 0.3 is 0 Å². The smallest absolute Gasteiger partial charge is 0.247 e. The number of hydrogen-bond acceptors (Lipinski definition) is 5. The molecule has 1 fully saturated rings. The molecule has 3 heterocycles.